The average Bonchev–Trinajstić information content (AvgIpc) is 2.65. The zero-order valence-corrected chi connectivity index (χ0v) is 11.0. The molecule has 0 atom stereocenters. The number of thiophene rings is 1. The Morgan fingerprint density at radius 1 is 1.25 bits per heavy atom. The highest BCUT2D eigenvalue weighted by Crippen LogP contribution is 2.33. The van der Waals surface area contributed by atoms with Crippen LogP contribution in [0.15, 0.2) is 30.3 Å². The number of benzene rings is 1. The van der Waals surface area contributed by atoms with Gasteiger partial charge in [0.15, 0.2) is 0 Å². The Hall–Kier alpha value is -0.830. The number of hydrogen-bond donors (Lipinski definition) is 1. The molecule has 0 saturated heterocycles. The van der Waals surface area contributed by atoms with Crippen LogP contribution in [0.25, 0.3) is 10.4 Å². The van der Waals surface area contributed by atoms with E-state index in [0.717, 1.165) is 17.1 Å². The van der Waals surface area contributed by atoms with E-state index in [0.29, 0.717) is 0 Å². The molecule has 0 fully saturated rings. The first-order chi connectivity index (χ1) is 7.70. The highest BCUT2D eigenvalue weighted by Gasteiger charge is 2.06. The average molecular weight is 252 g/mol. The van der Waals surface area contributed by atoms with Crippen LogP contribution in [0, 0.1) is 6.92 Å². The van der Waals surface area contributed by atoms with E-state index in [1.165, 1.54) is 15.3 Å². The fourth-order valence-corrected chi connectivity index (χ4v) is 2.92. The topological polar surface area (TPSA) is 12.0 Å². The van der Waals surface area contributed by atoms with Gasteiger partial charge in [-0.2, -0.15) is 0 Å². The fourth-order valence-electron chi connectivity index (χ4n) is 1.65. The summed E-state index contributed by atoms with van der Waals surface area (Å²) in [5.74, 6) is 0. The maximum absolute atomic E-state index is 6.29. The lowest BCUT2D eigenvalue weighted by molar-refractivity contribution is 0.818. The van der Waals surface area contributed by atoms with Crippen LogP contribution in [0.1, 0.15) is 10.4 Å². The minimum absolute atomic E-state index is 0.828. The molecule has 0 unspecified atom stereocenters. The van der Waals surface area contributed by atoms with E-state index >= 15 is 0 Å². The number of halogens is 1. The van der Waals surface area contributed by atoms with Crippen molar-refractivity contribution in [3.05, 3.63) is 45.8 Å². The first-order valence-corrected chi connectivity index (χ1v) is 6.40. The number of nitrogens with one attached hydrogen (secondary N) is 1. The molecule has 1 heterocycles. The van der Waals surface area contributed by atoms with Crippen molar-refractivity contribution in [1.82, 2.24) is 5.32 Å². The van der Waals surface area contributed by atoms with Crippen molar-refractivity contribution < 1.29 is 0 Å². The van der Waals surface area contributed by atoms with Gasteiger partial charge in [0, 0.05) is 26.9 Å². The van der Waals surface area contributed by atoms with Crippen LogP contribution in [-0.2, 0) is 6.54 Å². The third-order valence-electron chi connectivity index (χ3n) is 2.42. The van der Waals surface area contributed by atoms with Crippen molar-refractivity contribution in [3.63, 3.8) is 0 Å². The van der Waals surface area contributed by atoms with Crippen molar-refractivity contribution in [2.24, 2.45) is 0 Å². The summed E-state index contributed by atoms with van der Waals surface area (Å²) in [6.45, 7) is 2.96. The molecular formula is C13H14ClNS. The Morgan fingerprint density at radius 2 is 2.06 bits per heavy atom. The predicted molar refractivity (Wildman–Crippen MR) is 72.3 cm³/mol. The van der Waals surface area contributed by atoms with Gasteiger partial charge in [-0.3, -0.25) is 0 Å². The zero-order chi connectivity index (χ0) is 11.5. The summed E-state index contributed by atoms with van der Waals surface area (Å²) < 4.78 is 0. The monoisotopic (exact) mass is 251 g/mol. The minimum Gasteiger partial charge on any atom is -0.316 e. The van der Waals surface area contributed by atoms with Gasteiger partial charge in [-0.1, -0.05) is 23.7 Å². The van der Waals surface area contributed by atoms with E-state index in [1.807, 2.05) is 13.1 Å². The summed E-state index contributed by atoms with van der Waals surface area (Å²) in [5, 5.41) is 3.95. The molecule has 3 heteroatoms. The number of rotatable bonds is 3. The molecule has 1 aromatic carbocycles. The van der Waals surface area contributed by atoms with E-state index in [1.54, 1.807) is 11.3 Å². The van der Waals surface area contributed by atoms with Gasteiger partial charge in [0.05, 0.1) is 0 Å². The van der Waals surface area contributed by atoms with Gasteiger partial charge in [-0.25, -0.2) is 0 Å². The molecule has 1 N–H and O–H groups in total. The first-order valence-electron chi connectivity index (χ1n) is 5.20. The van der Waals surface area contributed by atoms with Crippen molar-refractivity contribution in [3.8, 4) is 10.4 Å². The molecule has 1 aromatic heterocycles. The molecule has 16 heavy (non-hydrogen) atoms. The molecule has 0 aliphatic carbocycles. The highest BCUT2D eigenvalue weighted by atomic mass is 35.5. The van der Waals surface area contributed by atoms with E-state index in [2.05, 4.69) is 36.5 Å². The maximum Gasteiger partial charge on any atom is 0.0495 e. The van der Waals surface area contributed by atoms with Crippen molar-refractivity contribution in [1.29, 1.82) is 0 Å². The lowest BCUT2D eigenvalue weighted by Gasteiger charge is -2.05. The standard InChI is InChI=1S/C13H14ClNS/c1-9-3-6-13(16-9)11-5-4-10(8-15-2)7-12(11)14/h3-7,15H,8H2,1-2H3. The summed E-state index contributed by atoms with van der Waals surface area (Å²) in [6, 6.07) is 10.5. The molecule has 1 nitrogen and oxygen atoms in total. The van der Waals surface area contributed by atoms with Crippen molar-refractivity contribution in [2.75, 3.05) is 7.05 Å². The molecule has 0 radical (unpaired) electrons. The Kier molecular flexibility index (Phi) is 3.64. The van der Waals surface area contributed by atoms with Crippen LogP contribution in [-0.4, -0.2) is 7.05 Å². The van der Waals surface area contributed by atoms with Crippen LogP contribution in [0.3, 0.4) is 0 Å². The molecular weight excluding hydrogens is 238 g/mol. The first kappa shape index (κ1) is 11.6. The Balaban J connectivity index is 2.36. The Bertz CT molecular complexity index is 490. The molecule has 0 saturated carbocycles. The Labute approximate surface area is 105 Å². The molecule has 2 rings (SSSR count). The van der Waals surface area contributed by atoms with Gasteiger partial charge in [-0.15, -0.1) is 11.3 Å². The van der Waals surface area contributed by atoms with E-state index in [-0.39, 0.29) is 0 Å². The summed E-state index contributed by atoms with van der Waals surface area (Å²) >= 11 is 8.06. The second-order valence-electron chi connectivity index (χ2n) is 3.75. The smallest absolute Gasteiger partial charge is 0.0495 e. The van der Waals surface area contributed by atoms with Gasteiger partial charge in [0.25, 0.3) is 0 Å². The highest BCUT2D eigenvalue weighted by molar-refractivity contribution is 7.15. The largest absolute Gasteiger partial charge is 0.316 e. The van der Waals surface area contributed by atoms with Gasteiger partial charge >= 0.3 is 0 Å². The van der Waals surface area contributed by atoms with Crippen LogP contribution < -0.4 is 5.32 Å². The number of hydrogen-bond acceptors (Lipinski definition) is 2. The summed E-state index contributed by atoms with van der Waals surface area (Å²) in [7, 11) is 1.93. The molecule has 84 valence electrons. The van der Waals surface area contributed by atoms with Gasteiger partial charge in [0.2, 0.25) is 0 Å². The van der Waals surface area contributed by atoms with E-state index < -0.39 is 0 Å². The van der Waals surface area contributed by atoms with Crippen LogP contribution >= 0.6 is 22.9 Å². The quantitative estimate of drug-likeness (QED) is 0.866. The lowest BCUT2D eigenvalue weighted by atomic mass is 10.1. The molecule has 0 bridgehead atoms. The zero-order valence-electron chi connectivity index (χ0n) is 9.38. The molecule has 0 spiro atoms. The lowest BCUT2D eigenvalue weighted by Crippen LogP contribution is -2.04. The summed E-state index contributed by atoms with van der Waals surface area (Å²) in [5.41, 5.74) is 2.34. The summed E-state index contributed by atoms with van der Waals surface area (Å²) in [4.78, 5) is 2.55. The molecule has 0 aliphatic heterocycles. The maximum atomic E-state index is 6.29. The van der Waals surface area contributed by atoms with Crippen LogP contribution in [0.2, 0.25) is 5.02 Å². The SMILES string of the molecule is CNCc1ccc(-c2ccc(C)s2)c(Cl)c1. The van der Waals surface area contributed by atoms with Crippen molar-refractivity contribution >= 4 is 22.9 Å². The third kappa shape index (κ3) is 2.46. The predicted octanol–water partition coefficient (Wildman–Crippen LogP) is 4.10. The van der Waals surface area contributed by atoms with Crippen LogP contribution in [0.4, 0.5) is 0 Å². The molecule has 2 aromatic rings. The summed E-state index contributed by atoms with van der Waals surface area (Å²) in [6.07, 6.45) is 0. The number of aryl methyl sites for hydroxylation is 1. The second kappa shape index (κ2) is 5.00. The van der Waals surface area contributed by atoms with Crippen molar-refractivity contribution in [2.45, 2.75) is 13.5 Å². The third-order valence-corrected chi connectivity index (χ3v) is 3.77. The molecule has 0 amide bonds. The Morgan fingerprint density at radius 3 is 2.62 bits per heavy atom. The normalized spacial score (nSPS) is 10.7. The van der Waals surface area contributed by atoms with Gasteiger partial charge in [-0.05, 0) is 37.7 Å². The second-order valence-corrected chi connectivity index (χ2v) is 5.45. The van der Waals surface area contributed by atoms with E-state index in [9.17, 15) is 0 Å². The fraction of sp³-hybridized carbons (Fsp3) is 0.231. The van der Waals surface area contributed by atoms with Crippen LogP contribution in [0.5, 0.6) is 0 Å². The van der Waals surface area contributed by atoms with E-state index in [4.69, 9.17) is 11.6 Å². The minimum atomic E-state index is 0.828. The molecule has 0 aliphatic rings. The van der Waals surface area contributed by atoms with Gasteiger partial charge in [0.1, 0.15) is 0 Å². The van der Waals surface area contributed by atoms with Gasteiger partial charge < -0.3 is 5.32 Å².